The second kappa shape index (κ2) is 10.2. The van der Waals surface area contributed by atoms with E-state index in [0.29, 0.717) is 12.1 Å². The molecular formula is C21H27N3O2. The van der Waals surface area contributed by atoms with Gasteiger partial charge in [-0.15, -0.1) is 0 Å². The summed E-state index contributed by atoms with van der Waals surface area (Å²) in [4.78, 5) is 23.8. The molecule has 26 heavy (non-hydrogen) atoms. The Morgan fingerprint density at radius 3 is 2.27 bits per heavy atom. The van der Waals surface area contributed by atoms with Gasteiger partial charge in [0.15, 0.2) is 0 Å². The van der Waals surface area contributed by atoms with E-state index in [1.165, 1.54) is 24.8 Å². The van der Waals surface area contributed by atoms with Gasteiger partial charge in [0.05, 0.1) is 0 Å². The third-order valence-electron chi connectivity index (χ3n) is 4.21. The smallest absolute Gasteiger partial charge is 0.312 e. The number of benzene rings is 2. The highest BCUT2D eigenvalue weighted by Gasteiger charge is 2.20. The zero-order valence-electron chi connectivity index (χ0n) is 15.2. The van der Waals surface area contributed by atoms with Crippen molar-refractivity contribution >= 4 is 17.6 Å². The zero-order chi connectivity index (χ0) is 18.8. The number of anilines is 1. The van der Waals surface area contributed by atoms with Crippen LogP contribution in [0.3, 0.4) is 0 Å². The highest BCUT2D eigenvalue weighted by Crippen LogP contribution is 2.13. The van der Waals surface area contributed by atoms with Gasteiger partial charge in [-0.1, -0.05) is 62.2 Å². The minimum absolute atomic E-state index is 0.286. The van der Waals surface area contributed by atoms with Crippen LogP contribution in [0.1, 0.15) is 37.3 Å². The van der Waals surface area contributed by atoms with Gasteiger partial charge in [0.1, 0.15) is 6.04 Å². The van der Waals surface area contributed by atoms with Crippen LogP contribution in [0, 0.1) is 0 Å². The molecule has 0 saturated heterocycles. The van der Waals surface area contributed by atoms with E-state index < -0.39 is 12.1 Å². The molecule has 0 saturated carbocycles. The van der Waals surface area contributed by atoms with Crippen molar-refractivity contribution in [2.45, 2.75) is 45.1 Å². The first-order valence-electron chi connectivity index (χ1n) is 9.08. The number of unbranched alkanes of at least 4 members (excludes halogenated alkanes) is 2. The molecule has 138 valence electrons. The lowest BCUT2D eigenvalue weighted by Gasteiger charge is -2.17. The van der Waals surface area contributed by atoms with Crippen LogP contribution in [0.15, 0.2) is 54.6 Å². The van der Waals surface area contributed by atoms with Gasteiger partial charge in [-0.25, -0.2) is 4.79 Å². The lowest BCUT2D eigenvalue weighted by Crippen LogP contribution is -2.47. The fourth-order valence-electron chi connectivity index (χ4n) is 2.79. The van der Waals surface area contributed by atoms with Crippen molar-refractivity contribution in [1.29, 1.82) is 0 Å². The molecular weight excluding hydrogens is 326 g/mol. The predicted octanol–water partition coefficient (Wildman–Crippen LogP) is 3.64. The summed E-state index contributed by atoms with van der Waals surface area (Å²) in [7, 11) is 0. The maximum absolute atomic E-state index is 12.6. The largest absolute Gasteiger partial charge is 0.352 e. The summed E-state index contributed by atoms with van der Waals surface area (Å²) in [6, 6.07) is 15.9. The van der Waals surface area contributed by atoms with Crippen LogP contribution in [0.4, 0.5) is 10.5 Å². The molecule has 1 atom stereocenters. The Labute approximate surface area is 155 Å². The Morgan fingerprint density at radius 1 is 0.962 bits per heavy atom. The van der Waals surface area contributed by atoms with Crippen molar-refractivity contribution < 1.29 is 9.59 Å². The van der Waals surface area contributed by atoms with E-state index in [1.807, 2.05) is 54.6 Å². The molecule has 0 bridgehead atoms. The highest BCUT2D eigenvalue weighted by molar-refractivity contribution is 5.97. The molecule has 2 aromatic rings. The molecule has 1 unspecified atom stereocenters. The van der Waals surface area contributed by atoms with Gasteiger partial charge in [-0.05, 0) is 36.1 Å². The number of carbonyl (C=O) groups is 2. The molecule has 4 N–H and O–H groups in total. The van der Waals surface area contributed by atoms with Crippen LogP contribution in [0.25, 0.3) is 0 Å². The Morgan fingerprint density at radius 2 is 1.65 bits per heavy atom. The van der Waals surface area contributed by atoms with Crippen molar-refractivity contribution in [3.05, 3.63) is 65.7 Å². The Bertz CT molecular complexity index is 699. The van der Waals surface area contributed by atoms with Crippen molar-refractivity contribution in [2.24, 2.45) is 5.73 Å². The summed E-state index contributed by atoms with van der Waals surface area (Å²) in [5.74, 6) is -0.286. The average molecular weight is 353 g/mol. The minimum atomic E-state index is -0.723. The maximum Gasteiger partial charge on any atom is 0.312 e. The quantitative estimate of drug-likeness (QED) is 0.601. The molecule has 3 amide bonds. The second-order valence-corrected chi connectivity index (χ2v) is 6.39. The number of hydrogen-bond donors (Lipinski definition) is 3. The van der Waals surface area contributed by atoms with E-state index in [0.717, 1.165) is 12.0 Å². The molecule has 0 aliphatic carbocycles. The van der Waals surface area contributed by atoms with Crippen LogP contribution >= 0.6 is 0 Å². The molecule has 0 aromatic heterocycles. The van der Waals surface area contributed by atoms with E-state index >= 15 is 0 Å². The number of nitrogens with two attached hydrogens (primary N) is 1. The summed E-state index contributed by atoms with van der Waals surface area (Å²) < 4.78 is 0. The molecule has 2 aromatic carbocycles. The van der Waals surface area contributed by atoms with Crippen molar-refractivity contribution in [3.8, 4) is 0 Å². The van der Waals surface area contributed by atoms with E-state index in [-0.39, 0.29) is 5.91 Å². The molecule has 2 rings (SSSR count). The number of urea groups is 1. The normalized spacial score (nSPS) is 11.6. The van der Waals surface area contributed by atoms with E-state index in [2.05, 4.69) is 17.6 Å². The maximum atomic E-state index is 12.6. The molecule has 5 heteroatoms. The molecule has 0 fully saturated rings. The number of amides is 3. The van der Waals surface area contributed by atoms with Crippen LogP contribution < -0.4 is 16.4 Å². The molecule has 0 heterocycles. The number of aryl methyl sites for hydroxylation is 1. The van der Waals surface area contributed by atoms with Crippen molar-refractivity contribution in [2.75, 3.05) is 5.32 Å². The average Bonchev–Trinajstić information content (AvgIpc) is 2.63. The number of rotatable bonds is 9. The van der Waals surface area contributed by atoms with Gasteiger partial charge in [-0.3, -0.25) is 4.79 Å². The fourth-order valence-corrected chi connectivity index (χ4v) is 2.79. The SMILES string of the molecule is CCCCCc1ccc(NC(=O)C(Cc2ccccc2)NC(N)=O)cc1. The van der Waals surface area contributed by atoms with E-state index in [4.69, 9.17) is 5.73 Å². The Hall–Kier alpha value is -2.82. The molecule has 0 radical (unpaired) electrons. The standard InChI is InChI=1S/C21H27N3O2/c1-2-3-5-8-16-11-13-18(14-12-16)23-20(25)19(24-21(22)26)15-17-9-6-4-7-10-17/h4,6-7,9-14,19H,2-3,5,8,15H2,1H3,(H,23,25)(H3,22,24,26). The Balaban J connectivity index is 1.98. The topological polar surface area (TPSA) is 84.2 Å². The predicted molar refractivity (Wildman–Crippen MR) is 105 cm³/mol. The lowest BCUT2D eigenvalue weighted by molar-refractivity contribution is -0.117. The molecule has 0 aliphatic rings. The highest BCUT2D eigenvalue weighted by atomic mass is 16.2. The van der Waals surface area contributed by atoms with Gasteiger partial charge in [-0.2, -0.15) is 0 Å². The van der Waals surface area contributed by atoms with E-state index in [1.54, 1.807) is 0 Å². The minimum Gasteiger partial charge on any atom is -0.352 e. The molecule has 0 aliphatic heterocycles. The van der Waals surface area contributed by atoms with Crippen molar-refractivity contribution in [3.63, 3.8) is 0 Å². The fraction of sp³-hybridized carbons (Fsp3) is 0.333. The summed E-state index contributed by atoms with van der Waals surface area (Å²) in [6.07, 6.45) is 5.01. The van der Waals surface area contributed by atoms with Gasteiger partial charge in [0.2, 0.25) is 5.91 Å². The van der Waals surface area contributed by atoms with Crippen LogP contribution in [0.5, 0.6) is 0 Å². The second-order valence-electron chi connectivity index (χ2n) is 6.39. The van der Waals surface area contributed by atoms with Crippen LogP contribution in [-0.4, -0.2) is 18.0 Å². The number of hydrogen-bond acceptors (Lipinski definition) is 2. The number of carbonyl (C=O) groups excluding carboxylic acids is 2. The molecule has 5 nitrogen and oxygen atoms in total. The zero-order valence-corrected chi connectivity index (χ0v) is 15.2. The summed E-state index contributed by atoms with van der Waals surface area (Å²) in [6.45, 7) is 2.19. The lowest BCUT2D eigenvalue weighted by atomic mass is 10.0. The van der Waals surface area contributed by atoms with Crippen LogP contribution in [0.2, 0.25) is 0 Å². The third kappa shape index (κ3) is 6.59. The molecule has 0 spiro atoms. The summed E-state index contributed by atoms with van der Waals surface area (Å²) in [5, 5.41) is 5.37. The third-order valence-corrected chi connectivity index (χ3v) is 4.21. The number of primary amides is 1. The van der Waals surface area contributed by atoms with Gasteiger partial charge >= 0.3 is 6.03 Å². The monoisotopic (exact) mass is 353 g/mol. The summed E-state index contributed by atoms with van der Waals surface area (Å²) >= 11 is 0. The summed E-state index contributed by atoms with van der Waals surface area (Å²) in [5.41, 5.74) is 8.14. The van der Waals surface area contributed by atoms with Gasteiger partial charge in [0, 0.05) is 12.1 Å². The first kappa shape index (κ1) is 19.5. The first-order chi connectivity index (χ1) is 12.6. The van der Waals surface area contributed by atoms with Crippen molar-refractivity contribution in [1.82, 2.24) is 5.32 Å². The van der Waals surface area contributed by atoms with Crippen LogP contribution in [-0.2, 0) is 17.6 Å². The Kier molecular flexibility index (Phi) is 7.68. The van der Waals surface area contributed by atoms with E-state index in [9.17, 15) is 9.59 Å². The van der Waals surface area contributed by atoms with Gasteiger partial charge in [0.25, 0.3) is 0 Å². The number of nitrogens with one attached hydrogen (secondary N) is 2. The van der Waals surface area contributed by atoms with Gasteiger partial charge < -0.3 is 16.4 Å². The first-order valence-corrected chi connectivity index (χ1v) is 9.08.